The van der Waals surface area contributed by atoms with E-state index in [9.17, 15) is 4.79 Å². The quantitative estimate of drug-likeness (QED) is 0.878. The molecular weight excluding hydrogens is 236 g/mol. The van der Waals surface area contributed by atoms with E-state index in [2.05, 4.69) is 0 Å². The van der Waals surface area contributed by atoms with E-state index >= 15 is 0 Å². The molecule has 2 N–H and O–H groups in total. The third-order valence-corrected chi connectivity index (χ3v) is 3.39. The highest BCUT2D eigenvalue weighted by molar-refractivity contribution is 6.30. The monoisotopic (exact) mass is 252 g/mol. The third kappa shape index (κ3) is 2.31. The maximum absolute atomic E-state index is 11.9. The lowest BCUT2D eigenvalue weighted by Crippen LogP contribution is -2.37. The molecule has 0 bridgehead atoms. The smallest absolute Gasteiger partial charge is 0.225 e. The minimum absolute atomic E-state index is 0.0544. The average molecular weight is 253 g/mol. The number of rotatable bonds is 2. The van der Waals surface area contributed by atoms with Crippen molar-refractivity contribution in [3.63, 3.8) is 0 Å². The maximum Gasteiger partial charge on any atom is 0.225 e. The van der Waals surface area contributed by atoms with Gasteiger partial charge in [0.25, 0.3) is 0 Å². The Balaban J connectivity index is 2.38. The van der Waals surface area contributed by atoms with Gasteiger partial charge in [-0.2, -0.15) is 0 Å². The van der Waals surface area contributed by atoms with Gasteiger partial charge in [0.1, 0.15) is 0 Å². The molecule has 17 heavy (non-hydrogen) atoms. The van der Waals surface area contributed by atoms with Gasteiger partial charge in [0, 0.05) is 23.5 Å². The number of hydrogen-bond donors (Lipinski definition) is 1. The van der Waals surface area contributed by atoms with Gasteiger partial charge in [0.2, 0.25) is 5.91 Å². The molecule has 0 radical (unpaired) electrons. The van der Waals surface area contributed by atoms with Crippen molar-refractivity contribution in [1.82, 2.24) is 4.90 Å². The molecule has 1 saturated heterocycles. The molecule has 0 aliphatic carbocycles. The fourth-order valence-electron chi connectivity index (χ4n) is 2.49. The number of benzene rings is 1. The van der Waals surface area contributed by atoms with Crippen LogP contribution in [0.4, 0.5) is 0 Å². The van der Waals surface area contributed by atoms with E-state index in [1.807, 2.05) is 43.0 Å². The lowest BCUT2D eigenvalue weighted by molar-refractivity contribution is -0.130. The first kappa shape index (κ1) is 12.4. The van der Waals surface area contributed by atoms with Crippen molar-refractivity contribution in [3.05, 3.63) is 34.9 Å². The molecule has 0 unspecified atom stereocenters. The van der Waals surface area contributed by atoms with E-state index < -0.39 is 0 Å². The second-order valence-corrected chi connectivity index (χ2v) is 5.20. The first-order chi connectivity index (χ1) is 8.00. The van der Waals surface area contributed by atoms with Crippen LogP contribution in [0, 0.1) is 0 Å². The van der Waals surface area contributed by atoms with Crippen LogP contribution in [0.1, 0.15) is 31.9 Å². The van der Waals surface area contributed by atoms with Crippen molar-refractivity contribution in [2.24, 2.45) is 5.73 Å². The van der Waals surface area contributed by atoms with Crippen molar-refractivity contribution in [1.29, 1.82) is 0 Å². The van der Waals surface area contributed by atoms with E-state index in [0.29, 0.717) is 11.4 Å². The topological polar surface area (TPSA) is 46.3 Å². The largest absolute Gasteiger partial charge is 0.332 e. The normalized spacial score (nSPS) is 24.8. The predicted molar refractivity (Wildman–Crippen MR) is 68.8 cm³/mol. The predicted octanol–water partition coefficient (Wildman–Crippen LogP) is 2.35. The van der Waals surface area contributed by atoms with Gasteiger partial charge in [-0.3, -0.25) is 4.79 Å². The second-order valence-electron chi connectivity index (χ2n) is 4.76. The van der Waals surface area contributed by atoms with Crippen LogP contribution in [0.5, 0.6) is 0 Å². The van der Waals surface area contributed by atoms with Crippen LogP contribution in [0.15, 0.2) is 24.3 Å². The van der Waals surface area contributed by atoms with Gasteiger partial charge in [-0.15, -0.1) is 0 Å². The highest BCUT2D eigenvalue weighted by Crippen LogP contribution is 2.34. The van der Waals surface area contributed by atoms with Crippen LogP contribution in [-0.2, 0) is 4.79 Å². The Morgan fingerprint density at radius 1 is 1.47 bits per heavy atom. The summed E-state index contributed by atoms with van der Waals surface area (Å²) in [5.41, 5.74) is 7.09. The molecule has 92 valence electrons. The number of hydrogen-bond acceptors (Lipinski definition) is 2. The van der Waals surface area contributed by atoms with E-state index in [-0.39, 0.29) is 24.0 Å². The van der Waals surface area contributed by atoms with Gasteiger partial charge in [-0.25, -0.2) is 0 Å². The van der Waals surface area contributed by atoms with E-state index in [0.717, 1.165) is 5.56 Å². The van der Waals surface area contributed by atoms with Gasteiger partial charge in [-0.1, -0.05) is 23.7 Å². The summed E-state index contributed by atoms with van der Waals surface area (Å²) in [5, 5.41) is 0.678. The summed E-state index contributed by atoms with van der Waals surface area (Å²) in [7, 11) is 0. The molecule has 2 atom stereocenters. The number of likely N-dealkylation sites (tertiary alicyclic amines) is 1. The fourth-order valence-corrected chi connectivity index (χ4v) is 2.69. The summed E-state index contributed by atoms with van der Waals surface area (Å²) in [4.78, 5) is 13.8. The Bertz CT molecular complexity index is 433. The summed E-state index contributed by atoms with van der Waals surface area (Å²) in [6.07, 6.45) is 0.412. The third-order valence-electron chi connectivity index (χ3n) is 3.15. The Kier molecular flexibility index (Phi) is 3.40. The molecule has 1 aliphatic rings. The molecule has 1 aromatic carbocycles. The van der Waals surface area contributed by atoms with Crippen molar-refractivity contribution in [2.75, 3.05) is 0 Å². The number of amides is 1. The standard InChI is InChI=1S/C13H17ClN2O/c1-8(2)16-12(17)7-11(15)13(16)9-4-3-5-10(14)6-9/h3-6,8,11,13H,7,15H2,1-2H3/t11-,13+/m0/s1. The van der Waals surface area contributed by atoms with E-state index in [1.165, 1.54) is 0 Å². The van der Waals surface area contributed by atoms with Gasteiger partial charge < -0.3 is 10.6 Å². The zero-order valence-electron chi connectivity index (χ0n) is 10.1. The molecule has 3 nitrogen and oxygen atoms in total. The summed E-state index contributed by atoms with van der Waals surface area (Å²) in [6.45, 7) is 4.01. The van der Waals surface area contributed by atoms with Gasteiger partial charge in [0.05, 0.1) is 6.04 Å². The fraction of sp³-hybridized carbons (Fsp3) is 0.462. The summed E-state index contributed by atoms with van der Waals surface area (Å²) < 4.78 is 0. The lowest BCUT2D eigenvalue weighted by atomic mass is 10.0. The van der Waals surface area contributed by atoms with Crippen LogP contribution in [0.2, 0.25) is 5.02 Å². The van der Waals surface area contributed by atoms with Crippen molar-refractivity contribution in [3.8, 4) is 0 Å². The number of carbonyl (C=O) groups is 1. The number of carbonyl (C=O) groups excluding carboxylic acids is 1. The minimum atomic E-state index is -0.150. The van der Waals surface area contributed by atoms with Crippen molar-refractivity contribution < 1.29 is 4.79 Å². The highest BCUT2D eigenvalue weighted by Gasteiger charge is 2.39. The zero-order valence-corrected chi connectivity index (χ0v) is 10.8. The number of nitrogens with two attached hydrogens (primary N) is 1. The van der Waals surface area contributed by atoms with Gasteiger partial charge in [-0.05, 0) is 31.5 Å². The van der Waals surface area contributed by atoms with Crippen molar-refractivity contribution >= 4 is 17.5 Å². The first-order valence-electron chi connectivity index (χ1n) is 5.83. The Morgan fingerprint density at radius 3 is 2.76 bits per heavy atom. The highest BCUT2D eigenvalue weighted by atomic mass is 35.5. The SMILES string of the molecule is CC(C)N1C(=O)C[C@H](N)[C@H]1c1cccc(Cl)c1. The molecule has 2 rings (SSSR count). The van der Waals surface area contributed by atoms with Crippen LogP contribution in [0.25, 0.3) is 0 Å². The summed E-state index contributed by atoms with van der Waals surface area (Å²) in [6, 6.07) is 7.54. The molecule has 1 amide bonds. The first-order valence-corrected chi connectivity index (χ1v) is 6.20. The molecule has 0 saturated carbocycles. The molecule has 1 fully saturated rings. The van der Waals surface area contributed by atoms with E-state index in [1.54, 1.807) is 0 Å². The average Bonchev–Trinajstić information content (AvgIpc) is 2.53. The van der Waals surface area contributed by atoms with Crippen LogP contribution in [-0.4, -0.2) is 22.9 Å². The van der Waals surface area contributed by atoms with Gasteiger partial charge >= 0.3 is 0 Å². The maximum atomic E-state index is 11.9. The van der Waals surface area contributed by atoms with Crippen LogP contribution >= 0.6 is 11.6 Å². The minimum Gasteiger partial charge on any atom is -0.332 e. The van der Waals surface area contributed by atoms with Crippen molar-refractivity contribution in [2.45, 2.75) is 38.4 Å². The summed E-state index contributed by atoms with van der Waals surface area (Å²) >= 11 is 5.99. The lowest BCUT2D eigenvalue weighted by Gasteiger charge is -2.30. The molecule has 4 heteroatoms. The zero-order chi connectivity index (χ0) is 12.6. The molecular formula is C13H17ClN2O. The second kappa shape index (κ2) is 4.67. The van der Waals surface area contributed by atoms with Crippen LogP contribution in [0.3, 0.4) is 0 Å². The Labute approximate surface area is 107 Å². The number of halogens is 1. The number of nitrogens with zero attached hydrogens (tertiary/aromatic N) is 1. The summed E-state index contributed by atoms with van der Waals surface area (Å²) in [5.74, 6) is 0.123. The molecule has 1 heterocycles. The molecule has 0 spiro atoms. The Hall–Kier alpha value is -1.06. The molecule has 0 aromatic heterocycles. The van der Waals surface area contributed by atoms with E-state index in [4.69, 9.17) is 17.3 Å². The van der Waals surface area contributed by atoms with Crippen LogP contribution < -0.4 is 5.73 Å². The molecule has 1 aliphatic heterocycles. The van der Waals surface area contributed by atoms with Gasteiger partial charge in [0.15, 0.2) is 0 Å². The molecule has 1 aromatic rings. The Morgan fingerprint density at radius 2 is 2.18 bits per heavy atom.